The van der Waals surface area contributed by atoms with Gasteiger partial charge in [0.1, 0.15) is 5.65 Å². The van der Waals surface area contributed by atoms with Gasteiger partial charge in [0.2, 0.25) is 0 Å². The molecule has 0 aliphatic rings. The van der Waals surface area contributed by atoms with Crippen LogP contribution in [0, 0.1) is 0 Å². The van der Waals surface area contributed by atoms with Crippen molar-refractivity contribution in [3.8, 4) is 0 Å². The molecule has 13 heavy (non-hydrogen) atoms. The Balaban J connectivity index is 2.75. The van der Waals surface area contributed by atoms with E-state index in [-0.39, 0.29) is 11.0 Å². The van der Waals surface area contributed by atoms with E-state index in [4.69, 9.17) is 0 Å². The molecule has 0 unspecified atom stereocenters. The average molecular weight is 185 g/mol. The molecular formula is C7H5BF3N2-. The van der Waals surface area contributed by atoms with Crippen LogP contribution in [0.15, 0.2) is 24.5 Å². The quantitative estimate of drug-likeness (QED) is 0.671. The maximum absolute atomic E-state index is 12.4. The number of aromatic nitrogens is 2. The maximum Gasteiger partial charge on any atom is 0.510 e. The molecule has 0 aromatic carbocycles. The molecule has 0 aliphatic heterocycles. The highest BCUT2D eigenvalue weighted by Gasteiger charge is 2.27. The van der Waals surface area contributed by atoms with Crippen molar-refractivity contribution in [3.05, 3.63) is 24.5 Å². The number of aromatic amines is 1. The van der Waals surface area contributed by atoms with E-state index < -0.39 is 12.4 Å². The minimum absolute atomic E-state index is 0.134. The number of nitrogens with one attached hydrogen (secondary N) is 1. The largest absolute Gasteiger partial charge is 0.510 e. The summed E-state index contributed by atoms with van der Waals surface area (Å²) < 4.78 is 37.2. The molecule has 2 aromatic heterocycles. The van der Waals surface area contributed by atoms with E-state index >= 15 is 0 Å². The summed E-state index contributed by atoms with van der Waals surface area (Å²) in [5.41, 5.74) is -0.317. The zero-order valence-corrected chi connectivity index (χ0v) is 6.47. The fraction of sp³-hybridized carbons (Fsp3) is 0. The smallest absolute Gasteiger partial charge is 0.445 e. The number of hydrogen-bond acceptors (Lipinski definition) is 1. The summed E-state index contributed by atoms with van der Waals surface area (Å²) in [7, 11) is 0. The Morgan fingerprint density at radius 3 is 2.69 bits per heavy atom. The van der Waals surface area contributed by atoms with Gasteiger partial charge in [-0.1, -0.05) is 11.5 Å². The molecule has 68 valence electrons. The molecule has 0 saturated carbocycles. The standard InChI is InChI=1S/C7H5BF3N2/c9-8(10,11)6-2-4-13-7-5(6)1-3-12-7/h1-4H,(H,12,13)/q-1. The number of fused-ring (bicyclic) bond motifs is 1. The predicted molar refractivity (Wildman–Crippen MR) is 44.8 cm³/mol. The predicted octanol–water partition coefficient (Wildman–Crippen LogP) is 1.62. The molecule has 2 heterocycles. The summed E-state index contributed by atoms with van der Waals surface area (Å²) in [6, 6.07) is 2.38. The molecular weight excluding hydrogens is 180 g/mol. The zero-order valence-electron chi connectivity index (χ0n) is 6.47. The van der Waals surface area contributed by atoms with Crippen LogP contribution in [-0.2, 0) is 0 Å². The Hall–Kier alpha value is -1.46. The van der Waals surface area contributed by atoms with Gasteiger partial charge in [-0.3, -0.25) is 0 Å². The van der Waals surface area contributed by atoms with E-state index in [2.05, 4.69) is 9.97 Å². The summed E-state index contributed by atoms with van der Waals surface area (Å²) in [6.07, 6.45) is 2.60. The number of pyridine rings is 1. The Morgan fingerprint density at radius 1 is 1.23 bits per heavy atom. The minimum atomic E-state index is -4.95. The maximum atomic E-state index is 12.4. The lowest BCUT2D eigenvalue weighted by Crippen LogP contribution is -2.34. The summed E-state index contributed by atoms with van der Waals surface area (Å²) >= 11 is 0. The molecule has 0 bridgehead atoms. The lowest BCUT2D eigenvalue weighted by molar-refractivity contribution is 0.501. The second-order valence-electron chi connectivity index (χ2n) is 2.71. The van der Waals surface area contributed by atoms with Gasteiger partial charge in [-0.2, -0.15) is 0 Å². The second kappa shape index (κ2) is 2.51. The molecule has 0 aliphatic carbocycles. The molecule has 1 N–H and O–H groups in total. The van der Waals surface area contributed by atoms with Gasteiger partial charge in [0.15, 0.2) is 0 Å². The molecule has 0 amide bonds. The third-order valence-corrected chi connectivity index (χ3v) is 1.85. The van der Waals surface area contributed by atoms with Crippen molar-refractivity contribution in [1.82, 2.24) is 9.97 Å². The van der Waals surface area contributed by atoms with E-state index in [1.165, 1.54) is 12.3 Å². The van der Waals surface area contributed by atoms with Crippen molar-refractivity contribution in [2.45, 2.75) is 0 Å². The number of H-pyrrole nitrogens is 1. The summed E-state index contributed by atoms with van der Waals surface area (Å²) in [4.78, 5) is 6.40. The topological polar surface area (TPSA) is 28.7 Å². The van der Waals surface area contributed by atoms with Gasteiger partial charge in [-0.15, -0.1) is 0 Å². The third kappa shape index (κ3) is 1.28. The van der Waals surface area contributed by atoms with Gasteiger partial charge >= 0.3 is 6.98 Å². The molecule has 0 spiro atoms. The van der Waals surface area contributed by atoms with Crippen LogP contribution in [0.5, 0.6) is 0 Å². The zero-order chi connectivity index (χ0) is 9.47. The molecule has 0 saturated heterocycles. The monoisotopic (exact) mass is 185 g/mol. The molecule has 0 fully saturated rings. The van der Waals surface area contributed by atoms with Crippen molar-refractivity contribution in [1.29, 1.82) is 0 Å². The van der Waals surface area contributed by atoms with E-state index in [9.17, 15) is 12.9 Å². The van der Waals surface area contributed by atoms with Crippen LogP contribution in [0.4, 0.5) is 12.9 Å². The van der Waals surface area contributed by atoms with Crippen LogP contribution in [0.1, 0.15) is 0 Å². The van der Waals surface area contributed by atoms with Crippen LogP contribution >= 0.6 is 0 Å². The van der Waals surface area contributed by atoms with Crippen molar-refractivity contribution < 1.29 is 12.9 Å². The van der Waals surface area contributed by atoms with E-state index in [1.807, 2.05) is 0 Å². The second-order valence-corrected chi connectivity index (χ2v) is 2.71. The first-order chi connectivity index (χ1) is 6.09. The number of rotatable bonds is 1. The van der Waals surface area contributed by atoms with E-state index in [1.54, 1.807) is 0 Å². The Labute approximate surface area is 71.8 Å². The SMILES string of the molecule is F[B-](F)(F)c1ccnc2[nH]ccc12. The fourth-order valence-corrected chi connectivity index (χ4v) is 1.27. The Bertz CT molecular complexity index is 434. The Kier molecular flexibility index (Phi) is 1.58. The lowest BCUT2D eigenvalue weighted by Gasteiger charge is -2.15. The van der Waals surface area contributed by atoms with Crippen molar-refractivity contribution in [3.63, 3.8) is 0 Å². The first kappa shape index (κ1) is 8.16. The van der Waals surface area contributed by atoms with Crippen molar-refractivity contribution >= 4 is 23.5 Å². The normalized spacial score (nSPS) is 12.2. The minimum Gasteiger partial charge on any atom is -0.445 e. The van der Waals surface area contributed by atoms with Gasteiger partial charge < -0.3 is 17.9 Å². The first-order valence-corrected chi connectivity index (χ1v) is 3.71. The first-order valence-electron chi connectivity index (χ1n) is 3.71. The molecule has 2 nitrogen and oxygen atoms in total. The fourth-order valence-electron chi connectivity index (χ4n) is 1.27. The number of nitrogens with zero attached hydrogens (tertiary/aromatic N) is 1. The summed E-state index contributed by atoms with van der Waals surface area (Å²) in [5, 5.41) is 0.134. The molecule has 2 aromatic rings. The number of hydrogen-bond donors (Lipinski definition) is 1. The van der Waals surface area contributed by atoms with E-state index in [0.29, 0.717) is 0 Å². The summed E-state index contributed by atoms with van der Waals surface area (Å²) in [5.74, 6) is 0. The lowest BCUT2D eigenvalue weighted by atomic mass is 9.79. The van der Waals surface area contributed by atoms with E-state index in [0.717, 1.165) is 12.3 Å². The van der Waals surface area contributed by atoms with Gasteiger partial charge in [-0.25, -0.2) is 4.98 Å². The van der Waals surface area contributed by atoms with Crippen LogP contribution in [0.2, 0.25) is 0 Å². The van der Waals surface area contributed by atoms with Crippen LogP contribution in [-0.4, -0.2) is 16.9 Å². The highest BCUT2D eigenvalue weighted by molar-refractivity contribution is 6.75. The summed E-state index contributed by atoms with van der Waals surface area (Å²) in [6.45, 7) is -4.95. The van der Waals surface area contributed by atoms with Crippen LogP contribution < -0.4 is 5.46 Å². The van der Waals surface area contributed by atoms with Gasteiger partial charge in [0, 0.05) is 12.4 Å². The van der Waals surface area contributed by atoms with Gasteiger partial charge in [0.05, 0.1) is 0 Å². The molecule has 0 radical (unpaired) electrons. The average Bonchev–Trinajstić information content (AvgIpc) is 2.48. The Morgan fingerprint density at radius 2 is 2.00 bits per heavy atom. The molecule has 0 atom stereocenters. The molecule has 2 rings (SSSR count). The van der Waals surface area contributed by atoms with Gasteiger partial charge in [-0.05, 0) is 11.5 Å². The van der Waals surface area contributed by atoms with Gasteiger partial charge in [0.25, 0.3) is 0 Å². The van der Waals surface area contributed by atoms with Crippen LogP contribution in [0.25, 0.3) is 11.0 Å². The highest BCUT2D eigenvalue weighted by atomic mass is 19.4. The van der Waals surface area contributed by atoms with Crippen LogP contribution in [0.3, 0.4) is 0 Å². The third-order valence-electron chi connectivity index (χ3n) is 1.85. The number of halogens is 3. The van der Waals surface area contributed by atoms with Crippen molar-refractivity contribution in [2.24, 2.45) is 0 Å². The van der Waals surface area contributed by atoms with Crippen molar-refractivity contribution in [2.75, 3.05) is 0 Å². The molecule has 6 heteroatoms. The highest BCUT2D eigenvalue weighted by Crippen LogP contribution is 2.15.